The Kier molecular flexibility index (Phi) is 6.73. The molecule has 12 heteroatoms. The van der Waals surface area contributed by atoms with Crippen molar-refractivity contribution >= 4 is 17.5 Å². The Morgan fingerprint density at radius 2 is 1.95 bits per heavy atom. The van der Waals surface area contributed by atoms with Gasteiger partial charge in [-0.15, -0.1) is 5.10 Å². The lowest BCUT2D eigenvalue weighted by atomic mass is 10.0. The number of benzene rings is 1. The van der Waals surface area contributed by atoms with Gasteiger partial charge in [-0.25, -0.2) is 13.9 Å². The Hall–Kier alpha value is -3.90. The first kappa shape index (κ1) is 24.4. The molecule has 3 aliphatic rings. The number of hydrogen-bond acceptors (Lipinski definition) is 9. The van der Waals surface area contributed by atoms with E-state index in [4.69, 9.17) is 9.57 Å². The lowest BCUT2D eigenvalue weighted by Gasteiger charge is -2.33. The van der Waals surface area contributed by atoms with Gasteiger partial charge in [0.15, 0.2) is 0 Å². The van der Waals surface area contributed by atoms with Crippen LogP contribution in [0.5, 0.6) is 0 Å². The number of carbonyl (C=O) groups excluding carboxylic acids is 1. The third-order valence-corrected chi connectivity index (χ3v) is 7.16. The van der Waals surface area contributed by atoms with E-state index in [9.17, 15) is 4.79 Å². The van der Waals surface area contributed by atoms with Crippen LogP contribution in [-0.4, -0.2) is 100 Å². The average Bonchev–Trinajstić information content (AvgIpc) is 3.68. The summed E-state index contributed by atoms with van der Waals surface area (Å²) in [5, 5.41) is 11.9. The highest BCUT2D eigenvalue weighted by atomic mass is 19.1. The first-order valence-corrected chi connectivity index (χ1v) is 12.7. The molecule has 3 aromatic rings. The summed E-state index contributed by atoms with van der Waals surface area (Å²) in [6, 6.07) is 8.38. The van der Waals surface area contributed by atoms with Gasteiger partial charge in [0.25, 0.3) is 0 Å². The van der Waals surface area contributed by atoms with Crippen LogP contribution in [0.2, 0.25) is 0 Å². The van der Waals surface area contributed by atoms with Crippen LogP contribution in [0.1, 0.15) is 12.1 Å². The summed E-state index contributed by atoms with van der Waals surface area (Å²) in [6.45, 7) is 5.72. The van der Waals surface area contributed by atoms with E-state index < -0.39 is 18.0 Å². The van der Waals surface area contributed by atoms with Gasteiger partial charge < -0.3 is 14.5 Å². The highest BCUT2D eigenvalue weighted by Crippen LogP contribution is 2.29. The van der Waals surface area contributed by atoms with E-state index in [0.717, 1.165) is 44.1 Å². The number of oxime groups is 1. The molecule has 0 radical (unpaired) electrons. The third-order valence-electron chi connectivity index (χ3n) is 7.16. The number of carbonyl (C=O) groups is 1. The van der Waals surface area contributed by atoms with Crippen molar-refractivity contribution in [2.45, 2.75) is 25.2 Å². The fourth-order valence-electron chi connectivity index (χ4n) is 4.99. The minimum atomic E-state index is -0.515. The molecule has 3 aliphatic heterocycles. The number of nitrogens with zero attached hydrogens (tertiary/aromatic N) is 8. The summed E-state index contributed by atoms with van der Waals surface area (Å²) in [6.07, 6.45) is 4.71. The number of piperazine rings is 1. The van der Waals surface area contributed by atoms with Crippen molar-refractivity contribution in [2.75, 3.05) is 51.2 Å². The fraction of sp³-hybridized carbons (Fsp3) is 0.423. The van der Waals surface area contributed by atoms with Crippen LogP contribution in [0, 0.1) is 5.82 Å². The van der Waals surface area contributed by atoms with E-state index in [0.29, 0.717) is 36.3 Å². The number of rotatable bonds is 7. The number of anilines is 1. The van der Waals surface area contributed by atoms with Crippen molar-refractivity contribution in [2.24, 2.45) is 5.16 Å². The maximum absolute atomic E-state index is 15.1. The average molecular weight is 521 g/mol. The monoisotopic (exact) mass is 520 g/mol. The number of ether oxygens (including phenoxy) is 1. The third kappa shape index (κ3) is 5.22. The lowest BCUT2D eigenvalue weighted by molar-refractivity contribution is 0.0384. The molecule has 5 heterocycles. The minimum Gasteiger partial charge on any atom is -0.442 e. The second kappa shape index (κ2) is 10.5. The molecule has 6 rings (SSSR count). The summed E-state index contributed by atoms with van der Waals surface area (Å²) in [4.78, 5) is 28.8. The predicted octanol–water partition coefficient (Wildman–Crippen LogP) is 2.25. The van der Waals surface area contributed by atoms with Gasteiger partial charge in [0.2, 0.25) is 0 Å². The molecule has 2 aromatic heterocycles. The lowest BCUT2D eigenvalue weighted by Crippen LogP contribution is -2.47. The van der Waals surface area contributed by atoms with E-state index in [-0.39, 0.29) is 6.10 Å². The summed E-state index contributed by atoms with van der Waals surface area (Å²) in [5.74, 6) is -0.446. The zero-order chi connectivity index (χ0) is 26.1. The molecule has 2 fully saturated rings. The predicted molar refractivity (Wildman–Crippen MR) is 137 cm³/mol. The van der Waals surface area contributed by atoms with Crippen molar-refractivity contribution in [3.8, 4) is 11.1 Å². The van der Waals surface area contributed by atoms with Crippen molar-refractivity contribution in [1.82, 2.24) is 29.8 Å². The molecule has 38 heavy (non-hydrogen) atoms. The first-order valence-electron chi connectivity index (χ1n) is 12.7. The van der Waals surface area contributed by atoms with E-state index in [1.807, 2.05) is 12.1 Å². The number of pyridine rings is 1. The number of likely N-dealkylation sites (N-methyl/N-ethyl adjacent to an activating group) is 1. The van der Waals surface area contributed by atoms with Gasteiger partial charge >= 0.3 is 6.09 Å². The van der Waals surface area contributed by atoms with Gasteiger partial charge in [0.05, 0.1) is 30.7 Å². The fourth-order valence-corrected chi connectivity index (χ4v) is 4.99. The van der Waals surface area contributed by atoms with Crippen LogP contribution in [0.4, 0.5) is 14.9 Å². The van der Waals surface area contributed by atoms with Crippen molar-refractivity contribution < 1.29 is 18.8 Å². The molecule has 1 aromatic carbocycles. The van der Waals surface area contributed by atoms with Gasteiger partial charge in [-0.05, 0) is 31.3 Å². The minimum absolute atomic E-state index is 0.0213. The van der Waals surface area contributed by atoms with Crippen molar-refractivity contribution in [1.29, 1.82) is 0 Å². The Balaban J connectivity index is 1.08. The molecule has 0 N–H and O–H groups in total. The van der Waals surface area contributed by atoms with E-state index in [2.05, 4.69) is 37.3 Å². The zero-order valence-corrected chi connectivity index (χ0v) is 21.1. The van der Waals surface area contributed by atoms with Crippen LogP contribution >= 0.6 is 0 Å². The highest BCUT2D eigenvalue weighted by molar-refractivity contribution is 5.99. The molecular weight excluding hydrogens is 491 g/mol. The van der Waals surface area contributed by atoms with Crippen LogP contribution < -0.4 is 4.90 Å². The van der Waals surface area contributed by atoms with Crippen LogP contribution in [0.25, 0.3) is 11.1 Å². The molecule has 0 saturated carbocycles. The quantitative estimate of drug-likeness (QED) is 0.468. The summed E-state index contributed by atoms with van der Waals surface area (Å²) < 4.78 is 22.1. The van der Waals surface area contributed by atoms with Crippen LogP contribution in [0.15, 0.2) is 54.1 Å². The smallest absolute Gasteiger partial charge is 0.414 e. The maximum Gasteiger partial charge on any atom is 0.414 e. The van der Waals surface area contributed by atoms with Crippen LogP contribution in [-0.2, 0) is 16.1 Å². The number of cyclic esters (lactones) is 1. The summed E-state index contributed by atoms with van der Waals surface area (Å²) in [7, 11) is 2.14. The highest BCUT2D eigenvalue weighted by Gasteiger charge is 2.33. The van der Waals surface area contributed by atoms with E-state index in [1.54, 1.807) is 35.4 Å². The van der Waals surface area contributed by atoms with E-state index in [1.165, 1.54) is 11.0 Å². The largest absolute Gasteiger partial charge is 0.442 e. The number of hydrogen-bond donors (Lipinski definition) is 0. The van der Waals surface area contributed by atoms with Gasteiger partial charge in [-0.1, -0.05) is 16.4 Å². The molecule has 0 spiro atoms. The summed E-state index contributed by atoms with van der Waals surface area (Å²) >= 11 is 0. The topological polar surface area (TPSA) is 101 Å². The molecule has 2 atom stereocenters. The van der Waals surface area contributed by atoms with Gasteiger partial charge in [0.1, 0.15) is 23.7 Å². The van der Waals surface area contributed by atoms with Gasteiger partial charge in [-0.3, -0.25) is 14.8 Å². The second-order valence-electron chi connectivity index (χ2n) is 9.91. The molecular formula is C26H29FN8O3. The molecule has 2 saturated heterocycles. The summed E-state index contributed by atoms with van der Waals surface area (Å²) in [5.41, 5.74) is 3.01. The molecule has 0 aliphatic carbocycles. The number of aromatic nitrogens is 4. The Labute approximate surface area is 219 Å². The van der Waals surface area contributed by atoms with Gasteiger partial charge in [-0.2, -0.15) is 0 Å². The molecule has 198 valence electrons. The molecule has 11 nitrogen and oxygen atoms in total. The van der Waals surface area contributed by atoms with E-state index >= 15 is 4.39 Å². The van der Waals surface area contributed by atoms with Crippen LogP contribution in [0.3, 0.4) is 0 Å². The first-order chi connectivity index (χ1) is 18.5. The Bertz CT molecular complexity index is 1310. The number of halogens is 1. The molecule has 1 amide bonds. The molecule has 0 bridgehead atoms. The zero-order valence-electron chi connectivity index (χ0n) is 21.1. The van der Waals surface area contributed by atoms with Crippen molar-refractivity contribution in [3.05, 3.63) is 60.4 Å². The Morgan fingerprint density at radius 3 is 2.68 bits per heavy atom. The maximum atomic E-state index is 15.1. The normalized spacial score (nSPS) is 22.4. The second-order valence-corrected chi connectivity index (χ2v) is 9.91. The standard InChI is InChI=1S/C26H29FN8O3/c1-32-8-10-33(11-9-32)15-20-13-25(30-38-20)24-5-2-18(14-28-24)22-4-3-19(12-23(22)27)35-17-21(37-26(35)36)16-34-7-6-29-31-34/h2-7,12,14,20-21H,8-11,13,15-17H2,1H3/t20-,21-/m0/s1. The van der Waals surface area contributed by atoms with Gasteiger partial charge in [0, 0.05) is 62.7 Å². The Morgan fingerprint density at radius 1 is 1.08 bits per heavy atom. The number of amides is 1. The SMILES string of the molecule is CN1CCN(C[C@@H]2CC(c3ccc(-c4ccc(N5C[C@H](Cn6ccnn6)OC5=O)cc4F)cn3)=NO2)CC1. The molecule has 0 unspecified atom stereocenters. The van der Waals surface area contributed by atoms with Crippen molar-refractivity contribution in [3.63, 3.8) is 0 Å².